The molecule has 0 aliphatic carbocycles. The number of nitrogens with zero attached hydrogens (tertiary/aromatic N) is 2. The van der Waals surface area contributed by atoms with Crippen LogP contribution in [0.3, 0.4) is 0 Å². The second-order valence-electron chi connectivity index (χ2n) is 9.67. The van der Waals surface area contributed by atoms with Crippen LogP contribution in [0.15, 0.2) is 126 Å². The predicted octanol–water partition coefficient (Wildman–Crippen LogP) is 9.53. The van der Waals surface area contributed by atoms with Crippen molar-refractivity contribution in [3.05, 3.63) is 145 Å². The number of hydrogen-bond donors (Lipinski definition) is 0. The van der Waals surface area contributed by atoms with Crippen LogP contribution in [0.5, 0.6) is 0 Å². The van der Waals surface area contributed by atoms with E-state index in [1.165, 1.54) is 16.7 Å². The molecule has 4 heteroatoms. The molecule has 41 heavy (non-hydrogen) atoms. The number of benzene rings is 4. The molecular formula is C37H28IrN2O-2. The Morgan fingerprint density at radius 2 is 1.46 bits per heavy atom. The van der Waals surface area contributed by atoms with Gasteiger partial charge >= 0.3 is 0 Å². The topological polar surface area (TPSA) is 38.9 Å². The Bertz CT molecular complexity index is 1880. The maximum Gasteiger partial charge on any atom is 0.120 e. The van der Waals surface area contributed by atoms with Crippen molar-refractivity contribution in [3.8, 4) is 33.6 Å². The number of fused-ring (bicyclic) bond motifs is 3. The summed E-state index contributed by atoms with van der Waals surface area (Å²) in [4.78, 5) is 9.06. The molecule has 0 fully saturated rings. The quantitative estimate of drug-likeness (QED) is 0.171. The molecule has 7 aromatic rings. The van der Waals surface area contributed by atoms with E-state index in [0.717, 1.165) is 56.4 Å². The van der Waals surface area contributed by atoms with Gasteiger partial charge in [-0.15, -0.1) is 59.7 Å². The molecule has 0 N–H and O–H groups in total. The van der Waals surface area contributed by atoms with Gasteiger partial charge in [-0.3, -0.25) is 0 Å². The van der Waals surface area contributed by atoms with Crippen molar-refractivity contribution >= 4 is 21.9 Å². The Hall–Kier alpha value is -4.37. The molecule has 1 radical (unpaired) electrons. The summed E-state index contributed by atoms with van der Waals surface area (Å²) in [5.41, 5.74) is 10.6. The summed E-state index contributed by atoms with van der Waals surface area (Å²) in [6, 6.07) is 43.2. The van der Waals surface area contributed by atoms with Gasteiger partial charge in [0.05, 0.1) is 5.58 Å². The summed E-state index contributed by atoms with van der Waals surface area (Å²) in [6.45, 7) is 4.22. The van der Waals surface area contributed by atoms with E-state index in [4.69, 9.17) is 4.42 Å². The van der Waals surface area contributed by atoms with Crippen LogP contribution in [-0.2, 0) is 26.5 Å². The van der Waals surface area contributed by atoms with Crippen molar-refractivity contribution in [2.45, 2.75) is 20.3 Å². The molecule has 3 nitrogen and oxygen atoms in total. The van der Waals surface area contributed by atoms with E-state index in [1.54, 1.807) is 0 Å². The molecule has 0 aliphatic heterocycles. The first-order valence-electron chi connectivity index (χ1n) is 13.5. The zero-order valence-electron chi connectivity index (χ0n) is 22.9. The van der Waals surface area contributed by atoms with Crippen LogP contribution in [0, 0.1) is 19.1 Å². The van der Waals surface area contributed by atoms with Crippen LogP contribution in [-0.4, -0.2) is 9.97 Å². The number of rotatable bonds is 4. The van der Waals surface area contributed by atoms with E-state index >= 15 is 0 Å². The smallest absolute Gasteiger partial charge is 0.120 e. The van der Waals surface area contributed by atoms with E-state index in [0.29, 0.717) is 0 Å². The van der Waals surface area contributed by atoms with Gasteiger partial charge in [-0.25, -0.2) is 0 Å². The third kappa shape index (κ3) is 6.20. The van der Waals surface area contributed by atoms with Crippen LogP contribution >= 0.6 is 0 Å². The minimum Gasteiger partial charge on any atom is -0.500 e. The van der Waals surface area contributed by atoms with Crippen molar-refractivity contribution in [1.29, 1.82) is 0 Å². The first-order valence-corrected chi connectivity index (χ1v) is 13.5. The third-order valence-corrected chi connectivity index (χ3v) is 6.94. The summed E-state index contributed by atoms with van der Waals surface area (Å²) in [5.74, 6) is 0. The Balaban J connectivity index is 0.000000161. The van der Waals surface area contributed by atoms with Crippen LogP contribution < -0.4 is 0 Å². The SMILES string of the molecule is CCc1cc(-c2[c-]cccc2)ncc1-c1ccccc1.Cc1ccc(-c2[c-]cc3oc4ccccc4c3c2)nc1.[Ir]. The molecule has 4 aromatic carbocycles. The van der Waals surface area contributed by atoms with Gasteiger partial charge in [0.15, 0.2) is 0 Å². The summed E-state index contributed by atoms with van der Waals surface area (Å²) in [6.07, 6.45) is 4.85. The molecule has 0 amide bonds. The van der Waals surface area contributed by atoms with Crippen molar-refractivity contribution in [2.75, 3.05) is 0 Å². The molecule has 0 saturated heterocycles. The number of hydrogen-bond acceptors (Lipinski definition) is 3. The third-order valence-electron chi connectivity index (χ3n) is 6.94. The minimum atomic E-state index is 0. The second-order valence-corrected chi connectivity index (χ2v) is 9.67. The predicted molar refractivity (Wildman–Crippen MR) is 164 cm³/mol. The Morgan fingerprint density at radius 3 is 2.22 bits per heavy atom. The largest absolute Gasteiger partial charge is 0.500 e. The molecule has 0 spiro atoms. The van der Waals surface area contributed by atoms with Gasteiger partial charge in [-0.2, -0.15) is 0 Å². The van der Waals surface area contributed by atoms with Crippen LogP contribution in [0.1, 0.15) is 18.1 Å². The maximum absolute atomic E-state index is 5.81. The summed E-state index contributed by atoms with van der Waals surface area (Å²) in [7, 11) is 0. The molecule has 3 heterocycles. The molecule has 7 rings (SSSR count). The van der Waals surface area contributed by atoms with Crippen LogP contribution in [0.2, 0.25) is 0 Å². The first kappa shape index (κ1) is 28.2. The van der Waals surface area contributed by atoms with Gasteiger partial charge in [0.1, 0.15) is 5.58 Å². The van der Waals surface area contributed by atoms with Crippen molar-refractivity contribution < 1.29 is 24.5 Å². The molecule has 203 valence electrons. The van der Waals surface area contributed by atoms with Crippen LogP contribution in [0.25, 0.3) is 55.6 Å². The van der Waals surface area contributed by atoms with E-state index in [1.807, 2.05) is 80.0 Å². The molecule has 0 atom stereocenters. The minimum absolute atomic E-state index is 0. The normalized spacial score (nSPS) is 10.6. The number of para-hydroxylation sites is 1. The number of aromatic nitrogens is 2. The van der Waals surface area contributed by atoms with E-state index in [2.05, 4.69) is 77.6 Å². The number of pyridine rings is 2. The van der Waals surface area contributed by atoms with Crippen molar-refractivity contribution in [2.24, 2.45) is 0 Å². The second kappa shape index (κ2) is 12.9. The number of aryl methyl sites for hydroxylation is 2. The average molecular weight is 709 g/mol. The van der Waals surface area contributed by atoms with E-state index in [-0.39, 0.29) is 20.1 Å². The Morgan fingerprint density at radius 1 is 0.683 bits per heavy atom. The zero-order chi connectivity index (χ0) is 27.3. The summed E-state index contributed by atoms with van der Waals surface area (Å²) in [5, 5.41) is 2.24. The van der Waals surface area contributed by atoms with Crippen molar-refractivity contribution in [3.63, 3.8) is 0 Å². The maximum atomic E-state index is 5.81. The van der Waals surface area contributed by atoms with Gasteiger partial charge in [0.2, 0.25) is 0 Å². The van der Waals surface area contributed by atoms with Gasteiger partial charge in [-0.05, 0) is 47.5 Å². The Labute approximate surface area is 254 Å². The van der Waals surface area contributed by atoms with Crippen LogP contribution in [0.4, 0.5) is 0 Å². The van der Waals surface area contributed by atoms with Gasteiger partial charge in [0.25, 0.3) is 0 Å². The monoisotopic (exact) mass is 709 g/mol. The van der Waals surface area contributed by atoms with E-state index in [9.17, 15) is 0 Å². The fourth-order valence-electron chi connectivity index (χ4n) is 4.81. The van der Waals surface area contributed by atoms with E-state index < -0.39 is 0 Å². The zero-order valence-corrected chi connectivity index (χ0v) is 25.3. The molecule has 0 unspecified atom stereocenters. The van der Waals surface area contributed by atoms with Gasteiger partial charge < -0.3 is 14.4 Å². The first-order chi connectivity index (χ1) is 19.7. The standard InChI is InChI=1S/C19H16N.C18H12NO.Ir/c1-2-15-13-19(17-11-7-4-8-12-17)20-14-18(15)16-9-5-3-6-10-16;1-12-6-8-16(19-11-12)13-7-9-18-15(10-13)14-4-2-3-5-17(14)20-18;/h3-11,13-14H,2H2,1H3;2-6,8-11H,1H3;/q2*-1;. The summed E-state index contributed by atoms with van der Waals surface area (Å²) < 4.78 is 5.81. The molecule has 0 bridgehead atoms. The van der Waals surface area contributed by atoms with Gasteiger partial charge in [-0.1, -0.05) is 79.0 Å². The fraction of sp³-hybridized carbons (Fsp3) is 0.0811. The fourth-order valence-corrected chi connectivity index (χ4v) is 4.81. The van der Waals surface area contributed by atoms with Crippen molar-refractivity contribution in [1.82, 2.24) is 9.97 Å². The number of furan rings is 1. The molecule has 3 aromatic heterocycles. The molecular weight excluding hydrogens is 681 g/mol. The average Bonchev–Trinajstić information content (AvgIpc) is 3.40. The Kier molecular flexibility index (Phi) is 8.84. The summed E-state index contributed by atoms with van der Waals surface area (Å²) >= 11 is 0. The van der Waals surface area contributed by atoms with Gasteiger partial charge in [0, 0.05) is 43.4 Å². The molecule has 0 saturated carbocycles. The molecule has 0 aliphatic rings.